The van der Waals surface area contributed by atoms with Gasteiger partial charge in [-0.25, -0.2) is 4.79 Å². The maximum atomic E-state index is 12.7. The van der Waals surface area contributed by atoms with E-state index in [4.69, 9.17) is 0 Å². The summed E-state index contributed by atoms with van der Waals surface area (Å²) in [4.78, 5) is 39.4. The second-order valence-corrected chi connectivity index (χ2v) is 7.72. The Morgan fingerprint density at radius 2 is 1.62 bits per heavy atom. The first-order valence-corrected chi connectivity index (χ1v) is 10.2. The first-order valence-electron chi connectivity index (χ1n) is 9.38. The number of anilines is 1. The van der Waals surface area contributed by atoms with Crippen LogP contribution in [0.2, 0.25) is 0 Å². The molecule has 0 aliphatic rings. The Morgan fingerprint density at radius 3 is 2.28 bits per heavy atom. The quantitative estimate of drug-likeness (QED) is 0.628. The molecule has 1 aromatic heterocycles. The summed E-state index contributed by atoms with van der Waals surface area (Å²) in [5.74, 6) is -0.212. The fourth-order valence-electron chi connectivity index (χ4n) is 3.06. The number of hydrogen-bond donors (Lipinski definition) is 1. The summed E-state index contributed by atoms with van der Waals surface area (Å²) in [5.41, 5.74) is 2.15. The summed E-state index contributed by atoms with van der Waals surface area (Å²) in [5, 5.41) is 2.74. The third-order valence-electron chi connectivity index (χ3n) is 4.53. The molecule has 0 spiro atoms. The van der Waals surface area contributed by atoms with Crippen molar-refractivity contribution in [2.75, 3.05) is 19.4 Å². The first kappa shape index (κ1) is 20.7. The monoisotopic (exact) mass is 412 g/mol. The normalized spacial score (nSPS) is 10.9. The second kappa shape index (κ2) is 9.00. The summed E-state index contributed by atoms with van der Waals surface area (Å²) in [6, 6.07) is 14.8. The fourth-order valence-corrected chi connectivity index (χ4v) is 3.81. The summed E-state index contributed by atoms with van der Waals surface area (Å²) < 4.78 is 3.33. The number of imidazole rings is 1. The van der Waals surface area contributed by atoms with E-state index in [2.05, 4.69) is 5.32 Å². The molecule has 0 aliphatic carbocycles. The van der Waals surface area contributed by atoms with E-state index >= 15 is 0 Å². The van der Waals surface area contributed by atoms with Gasteiger partial charge in [-0.1, -0.05) is 24.3 Å². The number of benzene rings is 2. The molecule has 29 heavy (non-hydrogen) atoms. The molecule has 1 heterocycles. The molecule has 0 aliphatic heterocycles. The largest absolute Gasteiger partial charge is 0.339 e. The molecule has 8 heteroatoms. The van der Waals surface area contributed by atoms with Crippen molar-refractivity contribution in [3.05, 3.63) is 59.0 Å². The number of aromatic nitrogens is 2. The van der Waals surface area contributed by atoms with Gasteiger partial charge >= 0.3 is 5.69 Å². The number of amides is 2. The second-order valence-electron chi connectivity index (χ2n) is 6.72. The summed E-state index contributed by atoms with van der Waals surface area (Å²) >= 11 is 1.06. The zero-order valence-corrected chi connectivity index (χ0v) is 17.5. The van der Waals surface area contributed by atoms with Crippen LogP contribution < -0.4 is 11.0 Å². The molecule has 7 nitrogen and oxygen atoms in total. The van der Waals surface area contributed by atoms with Gasteiger partial charge in [0, 0.05) is 38.5 Å². The van der Waals surface area contributed by atoms with Crippen molar-refractivity contribution in [3.63, 3.8) is 0 Å². The van der Waals surface area contributed by atoms with Crippen LogP contribution in [0.25, 0.3) is 11.0 Å². The Bertz CT molecular complexity index is 1100. The number of aryl methyl sites for hydroxylation is 2. The molecular formula is C21H24N4O3S. The van der Waals surface area contributed by atoms with Crippen LogP contribution in [0.4, 0.5) is 10.5 Å². The highest BCUT2D eigenvalue weighted by atomic mass is 32.2. The SMILES string of the molecule is CCn1c(=O)n(CCC(=O)Nc2ccccc2SC(=O)N(C)C)c2ccccc21. The average Bonchev–Trinajstić information content (AvgIpc) is 2.98. The summed E-state index contributed by atoms with van der Waals surface area (Å²) in [6.45, 7) is 2.78. The van der Waals surface area contributed by atoms with E-state index in [-0.39, 0.29) is 29.8 Å². The minimum atomic E-state index is -0.212. The molecule has 0 atom stereocenters. The average molecular weight is 413 g/mol. The van der Waals surface area contributed by atoms with E-state index in [9.17, 15) is 14.4 Å². The minimum Gasteiger partial charge on any atom is -0.339 e. The van der Waals surface area contributed by atoms with Gasteiger partial charge in [-0.3, -0.25) is 18.7 Å². The number of rotatable bonds is 6. The van der Waals surface area contributed by atoms with Gasteiger partial charge in [-0.2, -0.15) is 0 Å². The van der Waals surface area contributed by atoms with Crippen molar-refractivity contribution in [2.24, 2.45) is 0 Å². The lowest BCUT2D eigenvalue weighted by atomic mass is 10.3. The van der Waals surface area contributed by atoms with Crippen LogP contribution in [0.3, 0.4) is 0 Å². The number of nitrogens with one attached hydrogen (secondary N) is 1. The number of fused-ring (bicyclic) bond motifs is 1. The lowest BCUT2D eigenvalue weighted by Crippen LogP contribution is -2.25. The fraction of sp³-hybridized carbons (Fsp3) is 0.286. The third-order valence-corrected chi connectivity index (χ3v) is 5.64. The van der Waals surface area contributed by atoms with Gasteiger partial charge in [0.05, 0.1) is 16.7 Å². The first-order chi connectivity index (χ1) is 13.9. The predicted octanol–water partition coefficient (Wildman–Crippen LogP) is 3.63. The number of carbonyl (C=O) groups excluding carboxylic acids is 2. The van der Waals surface area contributed by atoms with Crippen LogP contribution in [-0.2, 0) is 17.9 Å². The van der Waals surface area contributed by atoms with Crippen LogP contribution in [0.1, 0.15) is 13.3 Å². The minimum absolute atomic E-state index is 0.117. The smallest absolute Gasteiger partial charge is 0.329 e. The Balaban J connectivity index is 1.74. The van der Waals surface area contributed by atoms with Gasteiger partial charge in [0.2, 0.25) is 5.91 Å². The van der Waals surface area contributed by atoms with Crippen molar-refractivity contribution in [1.29, 1.82) is 0 Å². The molecule has 2 aromatic carbocycles. The lowest BCUT2D eigenvalue weighted by Gasteiger charge is -2.13. The highest BCUT2D eigenvalue weighted by molar-refractivity contribution is 8.13. The van der Waals surface area contributed by atoms with Gasteiger partial charge in [0.25, 0.3) is 5.24 Å². The molecule has 3 aromatic rings. The molecule has 1 N–H and O–H groups in total. The van der Waals surface area contributed by atoms with Gasteiger partial charge in [-0.15, -0.1) is 0 Å². The van der Waals surface area contributed by atoms with Crippen molar-refractivity contribution in [1.82, 2.24) is 14.0 Å². The van der Waals surface area contributed by atoms with E-state index in [0.717, 1.165) is 22.8 Å². The number of carbonyl (C=O) groups is 2. The van der Waals surface area contributed by atoms with Crippen LogP contribution in [0.5, 0.6) is 0 Å². The molecule has 0 unspecified atom stereocenters. The Morgan fingerprint density at radius 1 is 1.00 bits per heavy atom. The van der Waals surface area contributed by atoms with Crippen molar-refractivity contribution in [3.8, 4) is 0 Å². The van der Waals surface area contributed by atoms with Gasteiger partial charge in [0.15, 0.2) is 0 Å². The Labute approximate surface area is 173 Å². The molecule has 0 saturated carbocycles. The van der Waals surface area contributed by atoms with E-state index in [1.54, 1.807) is 41.4 Å². The Hall–Kier alpha value is -3.00. The molecule has 2 amide bonds. The highest BCUT2D eigenvalue weighted by Crippen LogP contribution is 2.28. The van der Waals surface area contributed by atoms with E-state index in [0.29, 0.717) is 17.1 Å². The lowest BCUT2D eigenvalue weighted by molar-refractivity contribution is -0.116. The zero-order chi connectivity index (χ0) is 21.0. The molecule has 3 rings (SSSR count). The maximum Gasteiger partial charge on any atom is 0.329 e. The molecule has 0 fully saturated rings. The van der Waals surface area contributed by atoms with Crippen molar-refractivity contribution in [2.45, 2.75) is 31.3 Å². The molecule has 0 bridgehead atoms. The van der Waals surface area contributed by atoms with Crippen LogP contribution in [0.15, 0.2) is 58.2 Å². The van der Waals surface area contributed by atoms with Crippen LogP contribution in [0, 0.1) is 0 Å². The van der Waals surface area contributed by atoms with E-state index in [1.807, 2.05) is 37.3 Å². The topological polar surface area (TPSA) is 76.3 Å². The number of hydrogen-bond acceptors (Lipinski definition) is 4. The third kappa shape index (κ3) is 4.54. The summed E-state index contributed by atoms with van der Waals surface area (Å²) in [7, 11) is 3.36. The number of para-hydroxylation sites is 3. The van der Waals surface area contributed by atoms with Crippen LogP contribution in [-0.4, -0.2) is 39.3 Å². The number of thioether (sulfide) groups is 1. The molecule has 152 valence electrons. The standard InChI is InChI=1S/C21H24N4O3S/c1-4-24-16-10-6-7-11-17(16)25(20(24)27)14-13-19(26)22-15-9-5-8-12-18(15)29-21(28)23(2)3/h5-12H,4,13-14H2,1-3H3,(H,22,26). The van der Waals surface area contributed by atoms with Crippen molar-refractivity contribution >= 4 is 39.6 Å². The molecular weight excluding hydrogens is 388 g/mol. The van der Waals surface area contributed by atoms with Crippen molar-refractivity contribution < 1.29 is 9.59 Å². The van der Waals surface area contributed by atoms with Gasteiger partial charge < -0.3 is 10.2 Å². The van der Waals surface area contributed by atoms with Gasteiger partial charge in [-0.05, 0) is 43.0 Å². The number of nitrogens with zero attached hydrogens (tertiary/aromatic N) is 3. The molecule has 0 radical (unpaired) electrons. The highest BCUT2D eigenvalue weighted by Gasteiger charge is 2.15. The van der Waals surface area contributed by atoms with E-state index < -0.39 is 0 Å². The Kier molecular flexibility index (Phi) is 6.43. The predicted molar refractivity (Wildman–Crippen MR) is 117 cm³/mol. The van der Waals surface area contributed by atoms with E-state index in [1.165, 1.54) is 4.90 Å². The summed E-state index contributed by atoms with van der Waals surface area (Å²) in [6.07, 6.45) is 0.151. The zero-order valence-electron chi connectivity index (χ0n) is 16.7. The molecule has 0 saturated heterocycles. The van der Waals surface area contributed by atoms with Crippen LogP contribution >= 0.6 is 11.8 Å². The van der Waals surface area contributed by atoms with Gasteiger partial charge in [0.1, 0.15) is 0 Å². The maximum absolute atomic E-state index is 12.7.